The number of likely N-dealkylation sites (N-methyl/N-ethyl adjacent to an activating group) is 1. The van der Waals surface area contributed by atoms with Gasteiger partial charge in [0.15, 0.2) is 17.4 Å². The minimum Gasteiger partial charge on any atom is -0.336 e. The highest BCUT2D eigenvalue weighted by molar-refractivity contribution is 8.13. The van der Waals surface area contributed by atoms with Crippen molar-refractivity contribution in [3.8, 4) is 0 Å². The maximum atomic E-state index is 12.3. The molecule has 1 N–H and O–H groups in total. The third-order valence-electron chi connectivity index (χ3n) is 4.47. The third kappa shape index (κ3) is 3.81. The van der Waals surface area contributed by atoms with E-state index in [1.807, 2.05) is 6.07 Å². The van der Waals surface area contributed by atoms with Crippen LogP contribution in [0.1, 0.15) is 25.3 Å². The van der Waals surface area contributed by atoms with Gasteiger partial charge in [0.1, 0.15) is 0 Å². The molecule has 0 saturated carbocycles. The molecule has 2 unspecified atom stereocenters. The molecule has 2 heterocycles. The molecule has 2 atom stereocenters. The van der Waals surface area contributed by atoms with E-state index in [4.69, 9.17) is 0 Å². The van der Waals surface area contributed by atoms with Crippen LogP contribution in [0.4, 0.5) is 4.79 Å². The predicted molar refractivity (Wildman–Crippen MR) is 101 cm³/mol. The van der Waals surface area contributed by atoms with Crippen molar-refractivity contribution in [1.82, 2.24) is 15.1 Å². The third-order valence-corrected chi connectivity index (χ3v) is 5.56. The van der Waals surface area contributed by atoms with E-state index in [1.165, 1.54) is 10.5 Å². The number of aryl methyl sites for hydroxylation is 1. The number of aliphatic imine (C=N–C) groups is 1. The maximum absolute atomic E-state index is 12.3. The van der Waals surface area contributed by atoms with Crippen molar-refractivity contribution in [2.75, 3.05) is 19.3 Å². The van der Waals surface area contributed by atoms with Gasteiger partial charge in [-0.3, -0.25) is 10.1 Å². The van der Waals surface area contributed by atoms with Gasteiger partial charge in [-0.25, -0.2) is 9.79 Å². The van der Waals surface area contributed by atoms with Crippen LogP contribution in [0.15, 0.2) is 35.3 Å². The maximum Gasteiger partial charge on any atom is 0.325 e. The van der Waals surface area contributed by atoms with E-state index in [9.17, 15) is 9.59 Å². The SMILES string of the molecule is CCCN1C(SCCCc2ccccc2)=NC2C1C(=O)NC(=O)N2C. The predicted octanol–water partition coefficient (Wildman–Crippen LogP) is 2.31. The fourth-order valence-corrected chi connectivity index (χ4v) is 4.21. The number of amides is 3. The Kier molecular flexibility index (Phi) is 5.63. The number of benzene rings is 1. The van der Waals surface area contributed by atoms with E-state index in [1.54, 1.807) is 18.8 Å². The van der Waals surface area contributed by atoms with Gasteiger partial charge >= 0.3 is 6.03 Å². The second-order valence-corrected chi connectivity index (χ2v) is 7.37. The highest BCUT2D eigenvalue weighted by atomic mass is 32.2. The summed E-state index contributed by atoms with van der Waals surface area (Å²) in [4.78, 5) is 32.4. The molecule has 2 aliphatic heterocycles. The molecule has 7 heteroatoms. The van der Waals surface area contributed by atoms with E-state index in [0.29, 0.717) is 0 Å². The highest BCUT2D eigenvalue weighted by Crippen LogP contribution is 2.29. The molecule has 1 fully saturated rings. The molecule has 1 aromatic carbocycles. The number of nitrogens with one attached hydrogen (secondary N) is 1. The number of urea groups is 1. The lowest BCUT2D eigenvalue weighted by Gasteiger charge is -2.36. The fraction of sp³-hybridized carbons (Fsp3) is 0.500. The Hall–Kier alpha value is -2.02. The number of rotatable bonds is 6. The molecular formula is C18H24N4O2S. The van der Waals surface area contributed by atoms with Crippen LogP contribution in [-0.2, 0) is 11.2 Å². The van der Waals surface area contributed by atoms with Crippen molar-refractivity contribution in [3.63, 3.8) is 0 Å². The molecule has 0 aliphatic carbocycles. The van der Waals surface area contributed by atoms with Crippen molar-refractivity contribution in [2.45, 2.75) is 38.4 Å². The van der Waals surface area contributed by atoms with Gasteiger partial charge in [0, 0.05) is 19.3 Å². The Morgan fingerprint density at radius 2 is 2.00 bits per heavy atom. The van der Waals surface area contributed by atoms with E-state index in [-0.39, 0.29) is 11.9 Å². The summed E-state index contributed by atoms with van der Waals surface area (Å²) in [7, 11) is 1.69. The minimum atomic E-state index is -0.413. The Morgan fingerprint density at radius 1 is 1.24 bits per heavy atom. The molecule has 6 nitrogen and oxygen atoms in total. The topological polar surface area (TPSA) is 65.0 Å². The second kappa shape index (κ2) is 7.91. The number of thioether (sulfide) groups is 1. The van der Waals surface area contributed by atoms with E-state index < -0.39 is 12.2 Å². The van der Waals surface area contributed by atoms with E-state index in [0.717, 1.165) is 36.7 Å². The van der Waals surface area contributed by atoms with Crippen LogP contribution in [-0.4, -0.2) is 58.5 Å². The summed E-state index contributed by atoms with van der Waals surface area (Å²) in [5.74, 6) is 0.692. The molecule has 0 bridgehead atoms. The number of nitrogens with zero attached hydrogens (tertiary/aromatic N) is 3. The zero-order valence-electron chi connectivity index (χ0n) is 14.6. The number of imide groups is 1. The highest BCUT2D eigenvalue weighted by Gasteiger charge is 2.48. The summed E-state index contributed by atoms with van der Waals surface area (Å²) in [6, 6.07) is 9.65. The van der Waals surface area contributed by atoms with Crippen molar-refractivity contribution in [1.29, 1.82) is 0 Å². The first-order valence-corrected chi connectivity index (χ1v) is 9.69. The average molecular weight is 360 g/mol. The molecule has 134 valence electrons. The first kappa shape index (κ1) is 17.8. The van der Waals surface area contributed by atoms with Gasteiger partial charge in [0.25, 0.3) is 5.91 Å². The molecular weight excluding hydrogens is 336 g/mol. The Morgan fingerprint density at radius 3 is 2.72 bits per heavy atom. The number of amidine groups is 1. The lowest BCUT2D eigenvalue weighted by molar-refractivity contribution is -0.127. The summed E-state index contributed by atoms with van der Waals surface area (Å²) >= 11 is 1.68. The molecule has 0 radical (unpaired) electrons. The number of hydrogen-bond acceptors (Lipinski definition) is 5. The summed E-state index contributed by atoms with van der Waals surface area (Å²) in [6.07, 6.45) is 2.59. The van der Waals surface area contributed by atoms with Crippen molar-refractivity contribution >= 4 is 28.9 Å². The van der Waals surface area contributed by atoms with Crippen LogP contribution in [0.5, 0.6) is 0 Å². The van der Waals surface area contributed by atoms with Crippen LogP contribution in [0, 0.1) is 0 Å². The first-order valence-electron chi connectivity index (χ1n) is 8.70. The summed E-state index contributed by atoms with van der Waals surface area (Å²) in [6.45, 7) is 2.85. The largest absolute Gasteiger partial charge is 0.336 e. The van der Waals surface area contributed by atoms with Crippen LogP contribution in [0.3, 0.4) is 0 Å². The van der Waals surface area contributed by atoms with Crippen molar-refractivity contribution in [3.05, 3.63) is 35.9 Å². The molecule has 1 saturated heterocycles. The van der Waals surface area contributed by atoms with Gasteiger partial charge in [-0.2, -0.15) is 0 Å². The summed E-state index contributed by atoms with van der Waals surface area (Å²) in [5.41, 5.74) is 1.33. The Labute approximate surface area is 152 Å². The van der Waals surface area contributed by atoms with Gasteiger partial charge in [-0.15, -0.1) is 0 Å². The normalized spacial score (nSPS) is 22.7. The smallest absolute Gasteiger partial charge is 0.325 e. The molecule has 3 amide bonds. The zero-order chi connectivity index (χ0) is 17.8. The van der Waals surface area contributed by atoms with Crippen molar-refractivity contribution in [2.24, 2.45) is 4.99 Å². The fourth-order valence-electron chi connectivity index (χ4n) is 3.18. The van der Waals surface area contributed by atoms with Crippen LogP contribution >= 0.6 is 11.8 Å². The van der Waals surface area contributed by atoms with Crippen LogP contribution in [0.2, 0.25) is 0 Å². The quantitative estimate of drug-likeness (QED) is 0.791. The minimum absolute atomic E-state index is 0.245. The van der Waals surface area contributed by atoms with E-state index in [2.05, 4.69) is 46.4 Å². The molecule has 0 aromatic heterocycles. The first-order chi connectivity index (χ1) is 12.1. The standard InChI is InChI=1S/C18H24N4O2S/c1-3-11-22-14-15(21(2)17(24)20-16(14)23)19-18(22)25-12-7-10-13-8-5-4-6-9-13/h4-6,8-9,14-15H,3,7,10-12H2,1-2H3,(H,20,23,24). The summed E-state index contributed by atoms with van der Waals surface area (Å²) < 4.78 is 0. The molecule has 0 spiro atoms. The molecule has 25 heavy (non-hydrogen) atoms. The number of carbonyl (C=O) groups is 2. The van der Waals surface area contributed by atoms with Crippen LogP contribution < -0.4 is 5.32 Å². The second-order valence-electron chi connectivity index (χ2n) is 6.31. The molecule has 3 rings (SSSR count). The molecule has 2 aliphatic rings. The average Bonchev–Trinajstić information content (AvgIpc) is 2.97. The Balaban J connectivity index is 1.62. The summed E-state index contributed by atoms with van der Waals surface area (Å²) in [5, 5.41) is 3.30. The lowest BCUT2D eigenvalue weighted by Crippen LogP contribution is -2.63. The zero-order valence-corrected chi connectivity index (χ0v) is 15.5. The van der Waals surface area contributed by atoms with Gasteiger partial charge < -0.3 is 9.80 Å². The Bertz CT molecular complexity index is 664. The van der Waals surface area contributed by atoms with Gasteiger partial charge in [-0.05, 0) is 24.8 Å². The van der Waals surface area contributed by atoms with Gasteiger partial charge in [0.05, 0.1) is 0 Å². The number of fused-ring (bicyclic) bond motifs is 1. The number of carbonyl (C=O) groups excluding carboxylic acids is 2. The van der Waals surface area contributed by atoms with Crippen molar-refractivity contribution < 1.29 is 9.59 Å². The lowest BCUT2D eigenvalue weighted by atomic mass is 10.1. The number of hydrogen-bond donors (Lipinski definition) is 1. The molecule has 1 aromatic rings. The van der Waals surface area contributed by atoms with Gasteiger partial charge in [0.2, 0.25) is 0 Å². The monoisotopic (exact) mass is 360 g/mol. The van der Waals surface area contributed by atoms with E-state index >= 15 is 0 Å². The van der Waals surface area contributed by atoms with Gasteiger partial charge in [-0.1, -0.05) is 49.0 Å². The van der Waals surface area contributed by atoms with Crippen LogP contribution in [0.25, 0.3) is 0 Å².